The highest BCUT2D eigenvalue weighted by Crippen LogP contribution is 2.53. The van der Waals surface area contributed by atoms with E-state index in [1.165, 1.54) is 0 Å². The zero-order valence-corrected chi connectivity index (χ0v) is 8.07. The van der Waals surface area contributed by atoms with Crippen molar-refractivity contribution in [2.75, 3.05) is 6.67 Å². The lowest BCUT2D eigenvalue weighted by atomic mass is 9.81. The number of rotatable bonds is 4. The Kier molecular flexibility index (Phi) is 4.38. The Morgan fingerprint density at radius 3 is 1.65 bits per heavy atom. The summed E-state index contributed by atoms with van der Waals surface area (Å²) in [6, 6.07) is -2.46. The molecule has 0 aliphatic carbocycles. The van der Waals surface area contributed by atoms with E-state index in [1.807, 2.05) is 0 Å². The largest absolute Gasteiger partial charge is 0.480 e. The van der Waals surface area contributed by atoms with Gasteiger partial charge in [-0.2, -0.15) is 26.3 Å². The van der Waals surface area contributed by atoms with Crippen molar-refractivity contribution in [1.82, 2.24) is 0 Å². The second-order valence-electron chi connectivity index (χ2n) is 3.36. The third kappa shape index (κ3) is 2.99. The number of hydrogen-bond donors (Lipinski definition) is 2. The summed E-state index contributed by atoms with van der Waals surface area (Å²) < 4.78 is 86.0. The van der Waals surface area contributed by atoms with Crippen molar-refractivity contribution in [3.63, 3.8) is 0 Å². The normalized spacial score (nSPS) is 15.8. The van der Waals surface area contributed by atoms with Crippen LogP contribution in [0.3, 0.4) is 0 Å². The van der Waals surface area contributed by atoms with Crippen LogP contribution in [0.1, 0.15) is 6.42 Å². The first-order valence-corrected chi connectivity index (χ1v) is 4.07. The number of hydrogen-bond acceptors (Lipinski definition) is 2. The zero-order valence-electron chi connectivity index (χ0n) is 8.07. The number of halogens is 7. The number of carboxylic acid groups (broad SMARTS) is 1. The minimum absolute atomic E-state index is 2.07. The van der Waals surface area contributed by atoms with Crippen LogP contribution in [0.5, 0.6) is 0 Å². The standard InChI is InChI=1S/C7H8F7NO2/c8-2-5(6(9,10)11,7(12,13)14)1-3(15)4(16)17/h3H,1-2,15H2,(H,16,17)/t3-/m0/s1. The van der Waals surface area contributed by atoms with Crippen LogP contribution >= 0.6 is 0 Å². The van der Waals surface area contributed by atoms with Gasteiger partial charge in [0.2, 0.25) is 0 Å². The predicted molar refractivity (Wildman–Crippen MR) is 40.7 cm³/mol. The Labute approximate surface area is 90.4 Å². The van der Waals surface area contributed by atoms with Gasteiger partial charge in [0, 0.05) is 0 Å². The highest BCUT2D eigenvalue weighted by atomic mass is 19.4. The zero-order chi connectivity index (χ0) is 14.1. The Balaban J connectivity index is 5.46. The van der Waals surface area contributed by atoms with Crippen LogP contribution in [-0.4, -0.2) is 36.1 Å². The third-order valence-electron chi connectivity index (χ3n) is 2.20. The monoisotopic (exact) mass is 271 g/mol. The minimum atomic E-state index is -5.98. The van der Waals surface area contributed by atoms with Crippen molar-refractivity contribution in [3.05, 3.63) is 0 Å². The van der Waals surface area contributed by atoms with E-state index >= 15 is 0 Å². The number of alkyl halides is 7. The molecular formula is C7H8F7NO2. The van der Waals surface area contributed by atoms with Crippen molar-refractivity contribution < 1.29 is 40.6 Å². The smallest absolute Gasteiger partial charge is 0.405 e. The van der Waals surface area contributed by atoms with Gasteiger partial charge in [0.1, 0.15) is 12.7 Å². The molecule has 0 aliphatic heterocycles. The van der Waals surface area contributed by atoms with Crippen molar-refractivity contribution in [1.29, 1.82) is 0 Å². The minimum Gasteiger partial charge on any atom is -0.480 e. The van der Waals surface area contributed by atoms with E-state index < -0.39 is 42.9 Å². The summed E-state index contributed by atoms with van der Waals surface area (Å²) in [5.74, 6) is -2.07. The summed E-state index contributed by atoms with van der Waals surface area (Å²) >= 11 is 0. The quantitative estimate of drug-likeness (QED) is 0.767. The first kappa shape index (κ1) is 15.9. The number of aliphatic carboxylic acids is 1. The molecule has 0 amide bonds. The van der Waals surface area contributed by atoms with Crippen LogP contribution in [0.4, 0.5) is 30.7 Å². The maximum absolute atomic E-state index is 12.3. The molecule has 0 aliphatic rings. The summed E-state index contributed by atoms with van der Waals surface area (Å²) in [6.45, 7) is -2.82. The third-order valence-corrected chi connectivity index (χ3v) is 2.20. The van der Waals surface area contributed by atoms with Crippen LogP contribution in [-0.2, 0) is 4.79 Å². The lowest BCUT2D eigenvalue weighted by Crippen LogP contribution is -2.55. The fraction of sp³-hybridized carbons (Fsp3) is 0.857. The maximum Gasteiger partial charge on any atom is 0.405 e. The van der Waals surface area contributed by atoms with Crippen LogP contribution in [0.2, 0.25) is 0 Å². The molecule has 0 rings (SSSR count). The summed E-state index contributed by atoms with van der Waals surface area (Å²) in [5.41, 5.74) is -0.147. The number of nitrogens with two attached hydrogens (primary N) is 1. The Morgan fingerprint density at radius 1 is 1.12 bits per heavy atom. The van der Waals surface area contributed by atoms with Crippen LogP contribution < -0.4 is 5.73 Å². The van der Waals surface area contributed by atoms with E-state index in [1.54, 1.807) is 0 Å². The SMILES string of the molecule is N[C@@H](CC(CF)(C(F)(F)F)C(F)(F)F)C(=O)O. The van der Waals surface area contributed by atoms with E-state index in [-0.39, 0.29) is 0 Å². The van der Waals surface area contributed by atoms with Crippen molar-refractivity contribution in [3.8, 4) is 0 Å². The van der Waals surface area contributed by atoms with E-state index in [0.717, 1.165) is 0 Å². The molecule has 0 fully saturated rings. The molecule has 0 aromatic heterocycles. The van der Waals surface area contributed by atoms with E-state index in [2.05, 4.69) is 5.73 Å². The first-order valence-electron chi connectivity index (χ1n) is 4.07. The molecule has 10 heteroatoms. The summed E-state index contributed by atoms with van der Waals surface area (Å²) in [5, 5.41) is 8.19. The molecule has 1 atom stereocenters. The molecule has 0 aromatic carbocycles. The van der Waals surface area contributed by atoms with Gasteiger partial charge in [-0.1, -0.05) is 0 Å². The fourth-order valence-corrected chi connectivity index (χ4v) is 1.06. The molecule has 0 radical (unpaired) electrons. The lowest BCUT2D eigenvalue weighted by molar-refractivity contribution is -0.347. The molecule has 17 heavy (non-hydrogen) atoms. The topological polar surface area (TPSA) is 63.3 Å². The van der Waals surface area contributed by atoms with E-state index in [9.17, 15) is 35.5 Å². The van der Waals surface area contributed by atoms with Gasteiger partial charge in [0.25, 0.3) is 0 Å². The summed E-state index contributed by atoms with van der Waals surface area (Å²) in [4.78, 5) is 10.2. The second-order valence-corrected chi connectivity index (χ2v) is 3.36. The maximum atomic E-state index is 12.3. The van der Waals surface area contributed by atoms with Crippen molar-refractivity contribution in [2.45, 2.75) is 24.8 Å². The predicted octanol–water partition coefficient (Wildman–Crippen LogP) is 1.87. The van der Waals surface area contributed by atoms with Gasteiger partial charge < -0.3 is 10.8 Å². The molecule has 0 spiro atoms. The van der Waals surface area contributed by atoms with Gasteiger partial charge in [0.05, 0.1) is 0 Å². The fourth-order valence-electron chi connectivity index (χ4n) is 1.06. The number of carbonyl (C=O) groups is 1. The van der Waals surface area contributed by atoms with Crippen LogP contribution in [0.15, 0.2) is 0 Å². The molecule has 0 bridgehead atoms. The highest BCUT2D eigenvalue weighted by molar-refractivity contribution is 5.73. The lowest BCUT2D eigenvalue weighted by Gasteiger charge is -2.35. The summed E-state index contributed by atoms with van der Waals surface area (Å²) in [6.07, 6.45) is -14.1. The number of carboxylic acids is 1. The Bertz CT molecular complexity index is 271. The van der Waals surface area contributed by atoms with Crippen molar-refractivity contribution >= 4 is 5.97 Å². The first-order chi connectivity index (χ1) is 7.39. The van der Waals surface area contributed by atoms with E-state index in [0.29, 0.717) is 0 Å². The second kappa shape index (κ2) is 4.67. The molecule has 3 nitrogen and oxygen atoms in total. The van der Waals surface area contributed by atoms with Gasteiger partial charge in [-0.25, -0.2) is 4.39 Å². The van der Waals surface area contributed by atoms with Gasteiger partial charge in [-0.05, 0) is 6.42 Å². The molecule has 0 unspecified atom stereocenters. The molecule has 3 N–H and O–H groups in total. The average Bonchev–Trinajstić information content (AvgIpc) is 2.09. The Morgan fingerprint density at radius 2 is 1.47 bits per heavy atom. The molecule has 0 aromatic rings. The molecule has 0 saturated heterocycles. The Hall–Kier alpha value is -1.06. The average molecular weight is 271 g/mol. The molecule has 0 saturated carbocycles. The van der Waals surface area contributed by atoms with Gasteiger partial charge in [0.15, 0.2) is 5.41 Å². The molecular weight excluding hydrogens is 263 g/mol. The highest BCUT2D eigenvalue weighted by Gasteiger charge is 2.71. The van der Waals surface area contributed by atoms with Gasteiger partial charge >= 0.3 is 18.3 Å². The molecule has 0 heterocycles. The van der Waals surface area contributed by atoms with Crippen LogP contribution in [0, 0.1) is 5.41 Å². The van der Waals surface area contributed by atoms with Gasteiger partial charge in [-0.3, -0.25) is 4.79 Å². The van der Waals surface area contributed by atoms with Crippen molar-refractivity contribution in [2.24, 2.45) is 11.1 Å². The van der Waals surface area contributed by atoms with E-state index in [4.69, 9.17) is 5.11 Å². The van der Waals surface area contributed by atoms with Gasteiger partial charge in [-0.15, -0.1) is 0 Å². The summed E-state index contributed by atoms with van der Waals surface area (Å²) in [7, 11) is 0. The van der Waals surface area contributed by atoms with Crippen LogP contribution in [0.25, 0.3) is 0 Å². The molecule has 102 valence electrons.